The number of aromatic nitrogens is 5. The summed E-state index contributed by atoms with van der Waals surface area (Å²) in [5, 5.41) is 13.5. The van der Waals surface area contributed by atoms with E-state index in [4.69, 9.17) is 4.74 Å². The smallest absolute Gasteiger partial charge is 0.258 e. The van der Waals surface area contributed by atoms with E-state index in [1.54, 1.807) is 11.8 Å². The first kappa shape index (κ1) is 20.7. The second kappa shape index (κ2) is 9.06. The quantitative estimate of drug-likeness (QED) is 0.639. The number of ether oxygens (including phenoxy) is 1. The number of hydrogen-bond acceptors (Lipinski definition) is 5. The van der Waals surface area contributed by atoms with Gasteiger partial charge < -0.3 is 14.6 Å². The maximum atomic E-state index is 13.2. The molecule has 8 nitrogen and oxygen atoms in total. The Morgan fingerprint density at radius 2 is 1.87 bits per heavy atom. The highest BCUT2D eigenvalue weighted by atomic mass is 16.5. The average molecular weight is 412 g/mol. The number of H-pyrrole nitrogens is 1. The Balaban J connectivity index is 1.85. The molecule has 1 aliphatic heterocycles. The zero-order chi connectivity index (χ0) is 21.1. The van der Waals surface area contributed by atoms with Crippen LogP contribution in [-0.2, 0) is 11.3 Å². The van der Waals surface area contributed by atoms with Gasteiger partial charge in [-0.2, -0.15) is 0 Å². The molecule has 0 spiro atoms. The van der Waals surface area contributed by atoms with Gasteiger partial charge in [0.25, 0.3) is 5.56 Å². The van der Waals surface area contributed by atoms with Crippen LogP contribution in [0, 0.1) is 13.8 Å². The largest absolute Gasteiger partial charge is 0.383 e. The summed E-state index contributed by atoms with van der Waals surface area (Å²) in [4.78, 5) is 17.7. The van der Waals surface area contributed by atoms with E-state index in [-0.39, 0.29) is 11.6 Å². The lowest BCUT2D eigenvalue weighted by molar-refractivity contribution is -0.925. The summed E-state index contributed by atoms with van der Waals surface area (Å²) in [5.41, 5.74) is 3.92. The molecule has 30 heavy (non-hydrogen) atoms. The van der Waals surface area contributed by atoms with Gasteiger partial charge in [0, 0.05) is 12.6 Å². The van der Waals surface area contributed by atoms with Crippen LogP contribution in [0.1, 0.15) is 54.2 Å². The SMILES string of the molecule is COCCn1nnnc1[C@@H](c1cc2cc(C)c(C)cc2[nH]c1=O)[NH+]1CCCCCC1. The molecule has 0 radical (unpaired) electrons. The first-order chi connectivity index (χ1) is 14.6. The number of aryl methyl sites for hydroxylation is 2. The molecule has 3 aromatic rings. The van der Waals surface area contributed by atoms with Crippen LogP contribution in [0.4, 0.5) is 0 Å². The minimum Gasteiger partial charge on any atom is -0.383 e. The van der Waals surface area contributed by atoms with E-state index in [0.717, 1.165) is 48.2 Å². The summed E-state index contributed by atoms with van der Waals surface area (Å²) in [6.45, 7) is 7.26. The summed E-state index contributed by atoms with van der Waals surface area (Å²) in [7, 11) is 1.67. The topological polar surface area (TPSA) is 90.1 Å². The maximum absolute atomic E-state index is 13.2. The second-order valence-electron chi connectivity index (χ2n) is 8.34. The monoisotopic (exact) mass is 411 g/mol. The Morgan fingerprint density at radius 3 is 2.60 bits per heavy atom. The zero-order valence-electron chi connectivity index (χ0n) is 18.1. The number of quaternary nitrogens is 1. The number of benzene rings is 1. The summed E-state index contributed by atoms with van der Waals surface area (Å²) in [6.07, 6.45) is 4.76. The molecule has 0 unspecified atom stereocenters. The molecular formula is C22H31N6O2+. The van der Waals surface area contributed by atoms with Gasteiger partial charge in [-0.3, -0.25) is 4.79 Å². The lowest BCUT2D eigenvalue weighted by Gasteiger charge is -2.26. The van der Waals surface area contributed by atoms with Crippen molar-refractivity contribution in [3.05, 3.63) is 51.1 Å². The van der Waals surface area contributed by atoms with E-state index in [9.17, 15) is 4.79 Å². The Bertz CT molecular complexity index is 1070. The molecule has 0 aliphatic carbocycles. The Kier molecular flexibility index (Phi) is 6.24. The fourth-order valence-electron chi connectivity index (χ4n) is 4.48. The molecule has 4 rings (SSSR count). The van der Waals surface area contributed by atoms with Crippen LogP contribution in [0.15, 0.2) is 23.0 Å². The van der Waals surface area contributed by atoms with Crippen LogP contribution in [0.5, 0.6) is 0 Å². The summed E-state index contributed by atoms with van der Waals surface area (Å²) in [6, 6.07) is 6.03. The second-order valence-corrected chi connectivity index (χ2v) is 8.34. The average Bonchev–Trinajstić information content (AvgIpc) is 3.01. The van der Waals surface area contributed by atoms with Crippen molar-refractivity contribution in [2.24, 2.45) is 0 Å². The molecular weight excluding hydrogens is 380 g/mol. The predicted octanol–water partition coefficient (Wildman–Crippen LogP) is 1.33. The number of hydrogen-bond donors (Lipinski definition) is 2. The zero-order valence-corrected chi connectivity index (χ0v) is 18.1. The third-order valence-electron chi connectivity index (χ3n) is 6.28. The number of fused-ring (bicyclic) bond motifs is 1. The predicted molar refractivity (Wildman–Crippen MR) is 115 cm³/mol. The van der Waals surface area contributed by atoms with Gasteiger partial charge >= 0.3 is 0 Å². The van der Waals surface area contributed by atoms with Gasteiger partial charge in [-0.25, -0.2) is 4.68 Å². The Labute approximate surface area is 176 Å². The van der Waals surface area contributed by atoms with Crippen molar-refractivity contribution < 1.29 is 9.64 Å². The molecule has 8 heteroatoms. The lowest BCUT2D eigenvalue weighted by Crippen LogP contribution is -3.12. The molecule has 1 saturated heterocycles. The number of tetrazole rings is 1. The number of rotatable bonds is 6. The van der Waals surface area contributed by atoms with Gasteiger partial charge in [0.1, 0.15) is 0 Å². The van der Waals surface area contributed by atoms with Crippen molar-refractivity contribution in [1.29, 1.82) is 0 Å². The van der Waals surface area contributed by atoms with Gasteiger partial charge in [-0.1, -0.05) is 0 Å². The molecule has 2 N–H and O–H groups in total. The highest BCUT2D eigenvalue weighted by Gasteiger charge is 2.34. The first-order valence-electron chi connectivity index (χ1n) is 10.8. The molecule has 160 valence electrons. The number of likely N-dealkylation sites (tertiary alicyclic amines) is 1. The van der Waals surface area contributed by atoms with E-state index in [0.29, 0.717) is 13.2 Å². The van der Waals surface area contributed by atoms with Crippen LogP contribution < -0.4 is 10.5 Å². The van der Waals surface area contributed by atoms with Gasteiger partial charge in [0.15, 0.2) is 6.04 Å². The molecule has 1 fully saturated rings. The van der Waals surface area contributed by atoms with E-state index >= 15 is 0 Å². The maximum Gasteiger partial charge on any atom is 0.258 e. The van der Waals surface area contributed by atoms with Gasteiger partial charge in [0.05, 0.1) is 31.8 Å². The highest BCUT2D eigenvalue weighted by Crippen LogP contribution is 2.21. The van der Waals surface area contributed by atoms with Crippen LogP contribution in [0.3, 0.4) is 0 Å². The number of aromatic amines is 1. The highest BCUT2D eigenvalue weighted by molar-refractivity contribution is 5.80. The molecule has 0 bridgehead atoms. The van der Waals surface area contributed by atoms with Crippen molar-refractivity contribution in [3.63, 3.8) is 0 Å². The van der Waals surface area contributed by atoms with E-state index in [2.05, 4.69) is 40.4 Å². The summed E-state index contributed by atoms with van der Waals surface area (Å²) >= 11 is 0. The minimum absolute atomic E-state index is 0.0613. The third kappa shape index (κ3) is 4.15. The minimum atomic E-state index is -0.204. The number of nitrogens with one attached hydrogen (secondary N) is 2. The van der Waals surface area contributed by atoms with Crippen LogP contribution in [-0.4, -0.2) is 52.0 Å². The number of nitrogens with zero attached hydrogens (tertiary/aromatic N) is 4. The molecule has 1 atom stereocenters. The fraction of sp³-hybridized carbons (Fsp3) is 0.545. The van der Waals surface area contributed by atoms with E-state index < -0.39 is 0 Å². The van der Waals surface area contributed by atoms with Gasteiger partial charge in [-0.15, -0.1) is 5.10 Å². The van der Waals surface area contributed by atoms with Crippen LogP contribution in [0.2, 0.25) is 0 Å². The normalized spacial score (nSPS) is 16.6. The Hall–Kier alpha value is -2.58. The molecule has 2 aromatic heterocycles. The molecule has 1 aromatic carbocycles. The third-order valence-corrected chi connectivity index (χ3v) is 6.28. The summed E-state index contributed by atoms with van der Waals surface area (Å²) < 4.78 is 7.02. The van der Waals surface area contributed by atoms with Crippen molar-refractivity contribution in [2.45, 2.75) is 52.1 Å². The van der Waals surface area contributed by atoms with Gasteiger partial charge in [-0.05, 0) is 84.7 Å². The van der Waals surface area contributed by atoms with Crippen molar-refractivity contribution in [1.82, 2.24) is 25.2 Å². The molecule has 3 heterocycles. The first-order valence-corrected chi connectivity index (χ1v) is 10.8. The molecule has 0 amide bonds. The Morgan fingerprint density at radius 1 is 1.13 bits per heavy atom. The van der Waals surface area contributed by atoms with Crippen LogP contribution >= 0.6 is 0 Å². The lowest BCUT2D eigenvalue weighted by atomic mass is 10.0. The molecule has 0 saturated carbocycles. The van der Waals surface area contributed by atoms with E-state index in [1.165, 1.54) is 28.9 Å². The van der Waals surface area contributed by atoms with Crippen molar-refractivity contribution in [2.75, 3.05) is 26.8 Å². The van der Waals surface area contributed by atoms with Crippen LogP contribution in [0.25, 0.3) is 10.9 Å². The van der Waals surface area contributed by atoms with E-state index in [1.807, 2.05) is 12.1 Å². The fourth-order valence-corrected chi connectivity index (χ4v) is 4.48. The van der Waals surface area contributed by atoms with Gasteiger partial charge in [0.2, 0.25) is 5.82 Å². The standard InChI is InChI=1S/C22H30N6O2/c1-15-12-17-14-18(22(29)23-19(17)13-16(15)2)20(27-8-6-4-5-7-9-27)21-24-25-26-28(21)10-11-30-3/h12-14,20H,4-11H2,1-3H3,(H,23,29)/p+1/t20-/m1/s1. The van der Waals surface area contributed by atoms with Crippen molar-refractivity contribution in [3.8, 4) is 0 Å². The van der Waals surface area contributed by atoms with Crippen molar-refractivity contribution >= 4 is 10.9 Å². The molecule has 1 aliphatic rings. The number of methoxy groups -OCH3 is 1. The number of pyridine rings is 1. The summed E-state index contributed by atoms with van der Waals surface area (Å²) in [5.74, 6) is 0.734.